The zero-order chi connectivity index (χ0) is 15.2. The van der Waals surface area contributed by atoms with Gasteiger partial charge in [0.1, 0.15) is 5.75 Å². The molecule has 0 fully saturated rings. The summed E-state index contributed by atoms with van der Waals surface area (Å²) >= 11 is 0. The van der Waals surface area contributed by atoms with Crippen molar-refractivity contribution >= 4 is 23.0 Å². The van der Waals surface area contributed by atoms with Gasteiger partial charge in [-0.2, -0.15) is 0 Å². The van der Waals surface area contributed by atoms with Crippen LogP contribution >= 0.6 is 0 Å². The van der Waals surface area contributed by atoms with E-state index in [9.17, 15) is 4.79 Å². The lowest BCUT2D eigenvalue weighted by atomic mass is 10.3. The highest BCUT2D eigenvalue weighted by Gasteiger charge is 2.10. The lowest BCUT2D eigenvalue weighted by Crippen LogP contribution is -2.30. The van der Waals surface area contributed by atoms with Gasteiger partial charge in [0.05, 0.1) is 31.2 Å². The maximum atomic E-state index is 12.1. The van der Waals surface area contributed by atoms with Crippen LogP contribution in [0, 0.1) is 0 Å². The van der Waals surface area contributed by atoms with Gasteiger partial charge in [0.25, 0.3) is 0 Å². The summed E-state index contributed by atoms with van der Waals surface area (Å²) in [7, 11) is 3.39. The lowest BCUT2D eigenvalue weighted by molar-refractivity contribution is -0.114. The summed E-state index contributed by atoms with van der Waals surface area (Å²) in [4.78, 5) is 17.8. The van der Waals surface area contributed by atoms with E-state index in [4.69, 9.17) is 10.5 Å². The van der Waals surface area contributed by atoms with Gasteiger partial charge in [-0.3, -0.25) is 9.78 Å². The quantitative estimate of drug-likeness (QED) is 0.875. The van der Waals surface area contributed by atoms with Crippen molar-refractivity contribution < 1.29 is 9.53 Å². The first-order valence-electron chi connectivity index (χ1n) is 6.44. The number of nitrogens with one attached hydrogen (secondary N) is 1. The third kappa shape index (κ3) is 3.85. The number of pyridine rings is 1. The maximum absolute atomic E-state index is 12.1. The maximum Gasteiger partial charge on any atom is 0.243 e. The number of likely N-dealkylation sites (N-methyl/N-ethyl adjacent to an activating group) is 1. The fraction of sp³-hybridized carbons (Fsp3) is 0.200. The van der Waals surface area contributed by atoms with Crippen LogP contribution in [0.3, 0.4) is 0 Å². The van der Waals surface area contributed by atoms with Gasteiger partial charge in [0.2, 0.25) is 5.91 Å². The molecule has 1 heterocycles. The highest BCUT2D eigenvalue weighted by Crippen LogP contribution is 2.20. The zero-order valence-corrected chi connectivity index (χ0v) is 12.0. The lowest BCUT2D eigenvalue weighted by Gasteiger charge is -2.20. The highest BCUT2D eigenvalue weighted by molar-refractivity contribution is 5.94. The molecule has 0 unspecified atom stereocenters. The van der Waals surface area contributed by atoms with Crippen molar-refractivity contribution in [1.82, 2.24) is 4.98 Å². The number of hydrogen-bond donors (Lipinski definition) is 2. The van der Waals surface area contributed by atoms with Crippen LogP contribution in [0.15, 0.2) is 42.7 Å². The Kier molecular flexibility index (Phi) is 4.61. The molecule has 21 heavy (non-hydrogen) atoms. The van der Waals surface area contributed by atoms with Gasteiger partial charge in [0.15, 0.2) is 0 Å². The molecule has 2 aromatic rings. The molecule has 0 aliphatic heterocycles. The number of rotatable bonds is 5. The Morgan fingerprint density at radius 1 is 1.43 bits per heavy atom. The summed E-state index contributed by atoms with van der Waals surface area (Å²) in [5.41, 5.74) is 7.83. The van der Waals surface area contributed by atoms with Crippen LogP contribution in [0.25, 0.3) is 0 Å². The van der Waals surface area contributed by atoms with Crippen molar-refractivity contribution in [3.63, 3.8) is 0 Å². The molecule has 0 saturated carbocycles. The molecule has 0 saturated heterocycles. The molecular formula is C15H18N4O2. The number of anilines is 3. The molecule has 6 heteroatoms. The first kappa shape index (κ1) is 14.6. The van der Waals surface area contributed by atoms with Crippen molar-refractivity contribution in [2.75, 3.05) is 36.7 Å². The number of hydrogen-bond acceptors (Lipinski definition) is 5. The van der Waals surface area contributed by atoms with E-state index in [1.165, 1.54) is 0 Å². The number of nitrogens with two attached hydrogens (primary N) is 1. The molecule has 1 amide bonds. The number of aromatic nitrogens is 1. The number of nitrogen functional groups attached to an aromatic ring is 1. The molecule has 3 N–H and O–H groups in total. The van der Waals surface area contributed by atoms with E-state index in [0.29, 0.717) is 17.1 Å². The van der Waals surface area contributed by atoms with Gasteiger partial charge >= 0.3 is 0 Å². The molecule has 0 atom stereocenters. The second-order valence-electron chi connectivity index (χ2n) is 4.57. The number of ether oxygens (including phenoxy) is 1. The molecule has 1 aromatic heterocycles. The third-order valence-electron chi connectivity index (χ3n) is 2.97. The predicted molar refractivity (Wildman–Crippen MR) is 83.5 cm³/mol. The average Bonchev–Trinajstić information content (AvgIpc) is 2.47. The molecule has 1 aromatic carbocycles. The van der Waals surface area contributed by atoms with E-state index in [1.807, 2.05) is 12.1 Å². The van der Waals surface area contributed by atoms with Crippen molar-refractivity contribution in [2.24, 2.45) is 0 Å². The number of amides is 1. The van der Waals surface area contributed by atoms with Gasteiger partial charge in [-0.25, -0.2) is 0 Å². The number of carbonyl (C=O) groups excluding carboxylic acids is 1. The minimum Gasteiger partial charge on any atom is -0.497 e. The fourth-order valence-corrected chi connectivity index (χ4v) is 1.95. The van der Waals surface area contributed by atoms with Crippen molar-refractivity contribution in [3.8, 4) is 5.75 Å². The Morgan fingerprint density at radius 3 is 2.95 bits per heavy atom. The summed E-state index contributed by atoms with van der Waals surface area (Å²) in [6.07, 6.45) is 3.20. The van der Waals surface area contributed by atoms with Crippen LogP contribution < -0.4 is 20.7 Å². The molecule has 0 aliphatic rings. The van der Waals surface area contributed by atoms with Gasteiger partial charge in [0, 0.05) is 25.0 Å². The molecule has 0 aliphatic carbocycles. The first-order valence-corrected chi connectivity index (χ1v) is 6.44. The second-order valence-corrected chi connectivity index (χ2v) is 4.57. The molecule has 0 spiro atoms. The Morgan fingerprint density at radius 2 is 2.24 bits per heavy atom. The minimum absolute atomic E-state index is 0.137. The average molecular weight is 286 g/mol. The summed E-state index contributed by atoms with van der Waals surface area (Å²) in [6, 6.07) is 8.98. The summed E-state index contributed by atoms with van der Waals surface area (Å²) in [6.45, 7) is 0.186. The SMILES string of the molecule is COc1cccc(NC(=O)CN(C)c2ccncc2N)c1. The van der Waals surface area contributed by atoms with Crippen LogP contribution in [0.5, 0.6) is 5.75 Å². The molecule has 0 radical (unpaired) electrons. The summed E-state index contributed by atoms with van der Waals surface area (Å²) in [5, 5.41) is 2.82. The van der Waals surface area contributed by atoms with Crippen LogP contribution in [-0.4, -0.2) is 31.6 Å². The predicted octanol–water partition coefficient (Wildman–Crippen LogP) is 1.75. The molecule has 6 nitrogen and oxygen atoms in total. The van der Waals surface area contributed by atoms with Gasteiger partial charge < -0.3 is 20.7 Å². The number of carbonyl (C=O) groups is 1. The monoisotopic (exact) mass is 286 g/mol. The van der Waals surface area contributed by atoms with Gasteiger partial charge in [-0.15, -0.1) is 0 Å². The van der Waals surface area contributed by atoms with E-state index < -0.39 is 0 Å². The van der Waals surface area contributed by atoms with Crippen LogP contribution in [0.1, 0.15) is 0 Å². The third-order valence-corrected chi connectivity index (χ3v) is 2.97. The van der Waals surface area contributed by atoms with Crippen LogP contribution in [0.2, 0.25) is 0 Å². The minimum atomic E-state index is -0.137. The Balaban J connectivity index is 2.00. The number of methoxy groups -OCH3 is 1. The second kappa shape index (κ2) is 6.60. The smallest absolute Gasteiger partial charge is 0.243 e. The number of nitrogens with zero attached hydrogens (tertiary/aromatic N) is 2. The van der Waals surface area contributed by atoms with E-state index in [-0.39, 0.29) is 12.5 Å². The van der Waals surface area contributed by atoms with Gasteiger partial charge in [-0.05, 0) is 18.2 Å². The first-order chi connectivity index (χ1) is 10.1. The molecular weight excluding hydrogens is 268 g/mol. The summed E-state index contributed by atoms with van der Waals surface area (Å²) in [5.74, 6) is 0.557. The Hall–Kier alpha value is -2.76. The number of benzene rings is 1. The van der Waals surface area contributed by atoms with Crippen molar-refractivity contribution in [1.29, 1.82) is 0 Å². The van der Waals surface area contributed by atoms with Crippen LogP contribution in [-0.2, 0) is 4.79 Å². The van der Waals surface area contributed by atoms with E-state index in [1.54, 1.807) is 49.7 Å². The van der Waals surface area contributed by atoms with E-state index in [0.717, 1.165) is 5.69 Å². The Labute approximate surface area is 123 Å². The van der Waals surface area contributed by atoms with Gasteiger partial charge in [-0.1, -0.05) is 6.07 Å². The normalized spacial score (nSPS) is 10.0. The Bertz CT molecular complexity index is 631. The van der Waals surface area contributed by atoms with Crippen molar-refractivity contribution in [3.05, 3.63) is 42.7 Å². The van der Waals surface area contributed by atoms with E-state index >= 15 is 0 Å². The highest BCUT2D eigenvalue weighted by atomic mass is 16.5. The summed E-state index contributed by atoms with van der Waals surface area (Å²) < 4.78 is 5.12. The van der Waals surface area contributed by atoms with Crippen molar-refractivity contribution in [2.45, 2.75) is 0 Å². The fourth-order valence-electron chi connectivity index (χ4n) is 1.95. The molecule has 110 valence electrons. The van der Waals surface area contributed by atoms with E-state index in [2.05, 4.69) is 10.3 Å². The molecule has 0 bridgehead atoms. The topological polar surface area (TPSA) is 80.5 Å². The largest absolute Gasteiger partial charge is 0.497 e. The standard InChI is InChI=1S/C15H18N4O2/c1-19(14-6-7-17-9-13(14)16)10-15(20)18-11-4-3-5-12(8-11)21-2/h3-9H,10,16H2,1-2H3,(H,18,20). The van der Waals surface area contributed by atoms with Crippen LogP contribution in [0.4, 0.5) is 17.1 Å². The zero-order valence-electron chi connectivity index (χ0n) is 12.0. The molecule has 2 rings (SSSR count).